The number of nitrogens with zero attached hydrogens (tertiary/aromatic N) is 3. The molecule has 182 valence electrons. The number of aromatic nitrogens is 2. The molecule has 1 aromatic heterocycles. The van der Waals surface area contributed by atoms with Crippen molar-refractivity contribution in [3.05, 3.63) is 57.6 Å². The monoisotopic (exact) mass is 481 g/mol. The number of ether oxygens (including phenoxy) is 1. The van der Waals surface area contributed by atoms with Crippen molar-refractivity contribution in [2.24, 2.45) is 5.92 Å². The van der Waals surface area contributed by atoms with Crippen molar-refractivity contribution < 1.29 is 9.53 Å². The first-order valence-electron chi connectivity index (χ1n) is 12.9. The highest BCUT2D eigenvalue weighted by Crippen LogP contribution is 2.30. The normalized spacial score (nSPS) is 20.9. The molecule has 2 aromatic rings. The molecule has 3 aliphatic rings. The van der Waals surface area contributed by atoms with E-state index in [1.54, 1.807) is 0 Å². The van der Waals surface area contributed by atoms with Gasteiger partial charge in [0.2, 0.25) is 5.91 Å². The van der Waals surface area contributed by atoms with Crippen LogP contribution in [0.5, 0.6) is 0 Å². The number of amides is 1. The maximum atomic E-state index is 13.0. The highest BCUT2D eigenvalue weighted by Gasteiger charge is 2.26. The zero-order valence-corrected chi connectivity index (χ0v) is 20.7. The Morgan fingerprint density at radius 2 is 1.85 bits per heavy atom. The summed E-state index contributed by atoms with van der Waals surface area (Å²) < 4.78 is 7.63. The lowest BCUT2D eigenvalue weighted by Crippen LogP contribution is -2.40. The van der Waals surface area contributed by atoms with Crippen LogP contribution >= 0.6 is 11.8 Å². The molecule has 3 heterocycles. The van der Waals surface area contributed by atoms with Crippen molar-refractivity contribution in [3.63, 3.8) is 0 Å². The molecule has 0 saturated carbocycles. The van der Waals surface area contributed by atoms with Crippen molar-refractivity contribution in [2.45, 2.75) is 75.5 Å². The summed E-state index contributed by atoms with van der Waals surface area (Å²) in [5, 5.41) is 0.774. The van der Waals surface area contributed by atoms with Gasteiger partial charge >= 0.3 is 5.69 Å². The molecule has 0 N–H and O–H groups in total. The van der Waals surface area contributed by atoms with E-state index in [1.807, 2.05) is 9.47 Å². The lowest BCUT2D eigenvalue weighted by atomic mass is 9.90. The molecule has 1 atom stereocenters. The number of likely N-dealkylation sites (tertiary alicyclic amines) is 1. The van der Waals surface area contributed by atoms with E-state index in [2.05, 4.69) is 35.3 Å². The summed E-state index contributed by atoms with van der Waals surface area (Å²) in [6.45, 7) is 3.04. The maximum absolute atomic E-state index is 13.0. The Kier molecular flexibility index (Phi) is 7.70. The smallest absolute Gasteiger partial charge is 0.348 e. The van der Waals surface area contributed by atoms with Crippen LogP contribution in [0.15, 0.2) is 40.2 Å². The van der Waals surface area contributed by atoms with Gasteiger partial charge in [0.15, 0.2) is 0 Å². The third kappa shape index (κ3) is 5.57. The van der Waals surface area contributed by atoms with E-state index < -0.39 is 0 Å². The molecule has 2 aliphatic heterocycles. The van der Waals surface area contributed by atoms with Gasteiger partial charge in [-0.1, -0.05) is 42.1 Å². The third-order valence-electron chi connectivity index (χ3n) is 7.53. The largest absolute Gasteiger partial charge is 0.376 e. The summed E-state index contributed by atoms with van der Waals surface area (Å²) in [5.74, 6) is 1.17. The Labute approximate surface area is 206 Å². The van der Waals surface area contributed by atoms with E-state index in [4.69, 9.17) is 4.74 Å². The minimum absolute atomic E-state index is 0.121. The molecule has 7 heteroatoms. The highest BCUT2D eigenvalue weighted by atomic mass is 32.2. The first-order chi connectivity index (χ1) is 16.7. The van der Waals surface area contributed by atoms with Gasteiger partial charge < -0.3 is 9.64 Å². The molecule has 0 bridgehead atoms. The Bertz CT molecular complexity index is 1040. The van der Waals surface area contributed by atoms with E-state index in [1.165, 1.54) is 22.9 Å². The second-order valence-corrected chi connectivity index (χ2v) is 10.8. The van der Waals surface area contributed by atoms with Gasteiger partial charge in [0.25, 0.3) is 0 Å². The second kappa shape index (κ2) is 11.1. The average molecular weight is 482 g/mol. The SMILES string of the molecule is O=C(CSc1nc(=O)n(CC2CCCO2)c2c1CCCC2)N1CCC(Cc2ccccc2)CC1. The fraction of sp³-hybridized carbons (Fsp3) is 0.593. The van der Waals surface area contributed by atoms with E-state index >= 15 is 0 Å². The first kappa shape index (κ1) is 23.6. The third-order valence-corrected chi connectivity index (χ3v) is 8.53. The number of piperidine rings is 1. The summed E-state index contributed by atoms with van der Waals surface area (Å²) in [5.41, 5.74) is 3.50. The Balaban J connectivity index is 1.19. The number of hydrogen-bond donors (Lipinski definition) is 0. The maximum Gasteiger partial charge on any atom is 0.348 e. The van der Waals surface area contributed by atoms with Crippen LogP contribution in [-0.4, -0.2) is 51.9 Å². The van der Waals surface area contributed by atoms with E-state index in [0.717, 1.165) is 88.2 Å². The number of thioether (sulfide) groups is 1. The van der Waals surface area contributed by atoms with Crippen molar-refractivity contribution in [1.82, 2.24) is 14.5 Å². The van der Waals surface area contributed by atoms with Gasteiger partial charge in [-0.3, -0.25) is 9.36 Å². The fourth-order valence-corrected chi connectivity index (χ4v) is 6.58. The van der Waals surface area contributed by atoms with Crippen LogP contribution in [0.1, 0.15) is 55.3 Å². The van der Waals surface area contributed by atoms with Crippen LogP contribution in [0.4, 0.5) is 0 Å². The van der Waals surface area contributed by atoms with Gasteiger partial charge in [-0.15, -0.1) is 0 Å². The Hall–Kier alpha value is -2.12. The van der Waals surface area contributed by atoms with E-state index in [-0.39, 0.29) is 17.7 Å². The molecule has 2 saturated heterocycles. The molecule has 2 fully saturated rings. The molecule has 6 nitrogen and oxygen atoms in total. The molecule has 1 unspecified atom stereocenters. The molecule has 34 heavy (non-hydrogen) atoms. The van der Waals surface area contributed by atoms with Crippen LogP contribution in [0, 0.1) is 5.92 Å². The van der Waals surface area contributed by atoms with Crippen LogP contribution in [0.25, 0.3) is 0 Å². The number of fused-ring (bicyclic) bond motifs is 1. The number of carbonyl (C=O) groups is 1. The fourth-order valence-electron chi connectivity index (χ4n) is 5.60. The van der Waals surface area contributed by atoms with Crippen molar-refractivity contribution in [1.29, 1.82) is 0 Å². The predicted octanol–water partition coefficient (Wildman–Crippen LogP) is 3.87. The van der Waals surface area contributed by atoms with Crippen LogP contribution < -0.4 is 5.69 Å². The topological polar surface area (TPSA) is 64.4 Å². The number of carbonyl (C=O) groups excluding carboxylic acids is 1. The minimum Gasteiger partial charge on any atom is -0.376 e. The van der Waals surface area contributed by atoms with Crippen LogP contribution in [-0.2, 0) is 35.3 Å². The highest BCUT2D eigenvalue weighted by molar-refractivity contribution is 7.99. The van der Waals surface area contributed by atoms with Gasteiger partial charge in [0.05, 0.1) is 18.4 Å². The average Bonchev–Trinajstić information content (AvgIpc) is 3.39. The van der Waals surface area contributed by atoms with Crippen molar-refractivity contribution in [2.75, 3.05) is 25.4 Å². The quantitative estimate of drug-likeness (QED) is 0.444. The first-order valence-corrected chi connectivity index (χ1v) is 13.8. The Morgan fingerprint density at radius 1 is 1.06 bits per heavy atom. The molecular formula is C27H35N3O3S. The molecule has 1 aliphatic carbocycles. The Morgan fingerprint density at radius 3 is 2.62 bits per heavy atom. The minimum atomic E-state index is -0.187. The lowest BCUT2D eigenvalue weighted by molar-refractivity contribution is -0.129. The molecule has 5 rings (SSSR count). The van der Waals surface area contributed by atoms with Gasteiger partial charge in [-0.2, -0.15) is 4.98 Å². The van der Waals surface area contributed by atoms with E-state index in [9.17, 15) is 9.59 Å². The summed E-state index contributed by atoms with van der Waals surface area (Å²) in [7, 11) is 0. The van der Waals surface area contributed by atoms with Crippen molar-refractivity contribution >= 4 is 17.7 Å². The molecule has 1 amide bonds. The summed E-state index contributed by atoms with van der Waals surface area (Å²) >= 11 is 1.46. The van der Waals surface area contributed by atoms with Crippen molar-refractivity contribution in [3.8, 4) is 0 Å². The summed E-state index contributed by atoms with van der Waals surface area (Å²) in [6.07, 6.45) is 9.46. The molecule has 1 aromatic carbocycles. The molecule has 0 spiro atoms. The zero-order valence-electron chi connectivity index (χ0n) is 19.9. The summed E-state index contributed by atoms with van der Waals surface area (Å²) in [6, 6.07) is 10.6. The second-order valence-electron chi connectivity index (χ2n) is 9.88. The van der Waals surface area contributed by atoms with E-state index in [0.29, 0.717) is 18.2 Å². The van der Waals surface area contributed by atoms with Gasteiger partial charge in [-0.25, -0.2) is 4.79 Å². The standard InChI is InChI=1S/C27H35N3O3S/c31-25(29-14-12-21(13-15-29)17-20-7-2-1-3-8-20)19-34-26-23-10-4-5-11-24(23)30(27(32)28-26)18-22-9-6-16-33-22/h1-3,7-8,21-22H,4-6,9-19H2. The van der Waals surface area contributed by atoms with Crippen LogP contribution in [0.2, 0.25) is 0 Å². The van der Waals surface area contributed by atoms with Gasteiger partial charge in [0.1, 0.15) is 5.03 Å². The molecular weight excluding hydrogens is 446 g/mol. The zero-order chi connectivity index (χ0) is 23.3. The van der Waals surface area contributed by atoms with Gasteiger partial charge in [0, 0.05) is 31.0 Å². The number of benzene rings is 1. The van der Waals surface area contributed by atoms with Gasteiger partial charge in [-0.05, 0) is 69.3 Å². The number of rotatable bonds is 7. The predicted molar refractivity (Wildman–Crippen MR) is 134 cm³/mol. The van der Waals surface area contributed by atoms with Crippen LogP contribution in [0.3, 0.4) is 0 Å². The molecule has 0 radical (unpaired) electrons. The summed E-state index contributed by atoms with van der Waals surface area (Å²) in [4.78, 5) is 32.3. The number of hydrogen-bond acceptors (Lipinski definition) is 5. The lowest BCUT2D eigenvalue weighted by Gasteiger charge is -2.32.